The number of hydrogen-bond donors (Lipinski definition) is 2. The summed E-state index contributed by atoms with van der Waals surface area (Å²) >= 11 is 7.09. The number of amides is 1. The molecule has 2 unspecified atom stereocenters. The Labute approximate surface area is 127 Å². The minimum absolute atomic E-state index is 0.0134. The number of carbonyl (C=O) groups is 1. The molecule has 2 saturated heterocycles. The Kier molecular flexibility index (Phi) is 4.14. The van der Waals surface area contributed by atoms with Crippen LogP contribution in [0.5, 0.6) is 0 Å². The summed E-state index contributed by atoms with van der Waals surface area (Å²) in [4.78, 5) is 15.2. The van der Waals surface area contributed by atoms with E-state index in [2.05, 4.69) is 10.3 Å². The molecule has 1 amide bonds. The van der Waals surface area contributed by atoms with Crippen LogP contribution in [0.4, 0.5) is 0 Å². The van der Waals surface area contributed by atoms with E-state index in [0.717, 1.165) is 37.4 Å². The Balaban J connectivity index is 1.67. The summed E-state index contributed by atoms with van der Waals surface area (Å²) in [5, 5.41) is 3.11. The van der Waals surface area contributed by atoms with E-state index in [4.69, 9.17) is 17.0 Å². The first kappa shape index (κ1) is 14.1. The molecular weight excluding hydrogens is 292 g/mol. The SMILES string of the molecule is O=C(NC1CCOC2(CCSC2)C1)c1ccc[nH]c1=S. The third-order valence-electron chi connectivity index (χ3n) is 3.96. The van der Waals surface area contributed by atoms with Gasteiger partial charge in [0.25, 0.3) is 5.91 Å². The Morgan fingerprint density at radius 1 is 1.60 bits per heavy atom. The lowest BCUT2D eigenvalue weighted by molar-refractivity contribution is -0.0688. The van der Waals surface area contributed by atoms with E-state index in [0.29, 0.717) is 10.2 Å². The fourth-order valence-electron chi connectivity index (χ4n) is 2.88. The second kappa shape index (κ2) is 5.87. The third-order valence-corrected chi connectivity index (χ3v) is 5.52. The largest absolute Gasteiger partial charge is 0.374 e. The van der Waals surface area contributed by atoms with Crippen molar-refractivity contribution < 1.29 is 9.53 Å². The smallest absolute Gasteiger partial charge is 0.254 e. The van der Waals surface area contributed by atoms with E-state index in [1.54, 1.807) is 18.3 Å². The lowest BCUT2D eigenvalue weighted by Crippen LogP contribution is -2.48. The maximum atomic E-state index is 12.3. The molecule has 0 saturated carbocycles. The van der Waals surface area contributed by atoms with Gasteiger partial charge in [0.1, 0.15) is 4.64 Å². The van der Waals surface area contributed by atoms with Gasteiger partial charge in [-0.05, 0) is 37.1 Å². The van der Waals surface area contributed by atoms with Gasteiger partial charge in [-0.15, -0.1) is 0 Å². The predicted octanol–water partition coefficient (Wildman–Crippen LogP) is 2.53. The Bertz CT molecular complexity index is 552. The first-order valence-electron chi connectivity index (χ1n) is 6.89. The monoisotopic (exact) mass is 310 g/mol. The van der Waals surface area contributed by atoms with E-state index in [9.17, 15) is 4.79 Å². The van der Waals surface area contributed by atoms with Crippen LogP contribution in [0.1, 0.15) is 29.6 Å². The van der Waals surface area contributed by atoms with Crippen molar-refractivity contribution in [1.82, 2.24) is 10.3 Å². The number of pyridine rings is 1. The Morgan fingerprint density at radius 2 is 2.50 bits per heavy atom. The molecule has 0 radical (unpaired) electrons. The summed E-state index contributed by atoms with van der Waals surface area (Å²) in [6.07, 6.45) is 4.62. The number of aromatic nitrogens is 1. The molecule has 0 aliphatic carbocycles. The average molecular weight is 310 g/mol. The van der Waals surface area contributed by atoms with Crippen LogP contribution in [0, 0.1) is 4.64 Å². The van der Waals surface area contributed by atoms with Crippen LogP contribution < -0.4 is 5.32 Å². The predicted molar refractivity (Wildman–Crippen MR) is 82.7 cm³/mol. The molecule has 3 heterocycles. The zero-order chi connectivity index (χ0) is 14.0. The number of H-pyrrole nitrogens is 1. The number of aromatic amines is 1. The summed E-state index contributed by atoms with van der Waals surface area (Å²) in [7, 11) is 0. The zero-order valence-electron chi connectivity index (χ0n) is 11.2. The molecule has 2 N–H and O–H groups in total. The van der Waals surface area contributed by atoms with Gasteiger partial charge in [0.2, 0.25) is 0 Å². The number of ether oxygens (including phenoxy) is 1. The van der Waals surface area contributed by atoms with Gasteiger partial charge < -0.3 is 15.0 Å². The van der Waals surface area contributed by atoms with Gasteiger partial charge in [-0.25, -0.2) is 0 Å². The highest BCUT2D eigenvalue weighted by Gasteiger charge is 2.40. The van der Waals surface area contributed by atoms with Crippen molar-refractivity contribution in [2.24, 2.45) is 0 Å². The number of nitrogens with one attached hydrogen (secondary N) is 2. The molecule has 108 valence electrons. The van der Waals surface area contributed by atoms with Crippen molar-refractivity contribution in [1.29, 1.82) is 0 Å². The molecule has 6 heteroatoms. The van der Waals surface area contributed by atoms with E-state index >= 15 is 0 Å². The van der Waals surface area contributed by atoms with Crippen LogP contribution >= 0.6 is 24.0 Å². The maximum absolute atomic E-state index is 12.3. The van der Waals surface area contributed by atoms with Crippen LogP contribution in [0.2, 0.25) is 0 Å². The fraction of sp³-hybridized carbons (Fsp3) is 0.571. The Hall–Kier alpha value is -0.850. The highest BCUT2D eigenvalue weighted by molar-refractivity contribution is 7.99. The molecule has 0 aromatic carbocycles. The topological polar surface area (TPSA) is 54.1 Å². The van der Waals surface area contributed by atoms with Gasteiger partial charge in [-0.2, -0.15) is 11.8 Å². The quantitative estimate of drug-likeness (QED) is 0.824. The van der Waals surface area contributed by atoms with Crippen molar-refractivity contribution >= 4 is 29.9 Å². The van der Waals surface area contributed by atoms with E-state index in [1.165, 1.54) is 0 Å². The fourth-order valence-corrected chi connectivity index (χ4v) is 4.48. The van der Waals surface area contributed by atoms with Crippen LogP contribution in [0.15, 0.2) is 18.3 Å². The average Bonchev–Trinajstić information content (AvgIpc) is 2.87. The van der Waals surface area contributed by atoms with Crippen molar-refractivity contribution in [3.8, 4) is 0 Å². The maximum Gasteiger partial charge on any atom is 0.254 e. The van der Waals surface area contributed by atoms with Gasteiger partial charge >= 0.3 is 0 Å². The standard InChI is InChI=1S/C14H18N2O2S2/c17-12(11-2-1-5-15-13(11)19)16-10-3-6-18-14(8-10)4-7-20-9-14/h1-2,5,10H,3-4,6-9H2,(H,15,19)(H,16,17). The first-order valence-corrected chi connectivity index (χ1v) is 8.45. The highest BCUT2D eigenvalue weighted by atomic mass is 32.2. The van der Waals surface area contributed by atoms with Crippen molar-refractivity contribution in [2.75, 3.05) is 18.1 Å². The second-order valence-electron chi connectivity index (χ2n) is 5.41. The van der Waals surface area contributed by atoms with Gasteiger partial charge in [0.15, 0.2) is 0 Å². The lowest BCUT2D eigenvalue weighted by Gasteiger charge is -2.38. The number of rotatable bonds is 2. The summed E-state index contributed by atoms with van der Waals surface area (Å²) in [5.41, 5.74) is 0.532. The molecule has 20 heavy (non-hydrogen) atoms. The van der Waals surface area contributed by atoms with E-state index in [-0.39, 0.29) is 17.6 Å². The first-order chi connectivity index (χ1) is 9.69. The molecule has 1 aromatic rings. The molecule has 3 rings (SSSR count). The summed E-state index contributed by atoms with van der Waals surface area (Å²) in [6, 6.07) is 3.74. The van der Waals surface area contributed by atoms with Crippen molar-refractivity contribution in [2.45, 2.75) is 30.9 Å². The Morgan fingerprint density at radius 3 is 3.25 bits per heavy atom. The normalized spacial score (nSPS) is 29.5. The molecule has 2 aliphatic heterocycles. The van der Waals surface area contributed by atoms with Crippen LogP contribution in [-0.2, 0) is 4.74 Å². The number of thioether (sulfide) groups is 1. The van der Waals surface area contributed by atoms with Crippen LogP contribution in [0.25, 0.3) is 0 Å². The van der Waals surface area contributed by atoms with Gasteiger partial charge in [0.05, 0.1) is 11.2 Å². The molecule has 2 aliphatic rings. The zero-order valence-corrected chi connectivity index (χ0v) is 12.8. The van der Waals surface area contributed by atoms with Crippen molar-refractivity contribution in [3.63, 3.8) is 0 Å². The summed E-state index contributed by atoms with van der Waals surface area (Å²) in [5.74, 6) is 2.12. The minimum atomic E-state index is -0.0837. The summed E-state index contributed by atoms with van der Waals surface area (Å²) < 4.78 is 6.46. The highest BCUT2D eigenvalue weighted by Crippen LogP contribution is 2.38. The summed E-state index contributed by atoms with van der Waals surface area (Å²) in [6.45, 7) is 0.729. The number of hydrogen-bond acceptors (Lipinski definition) is 4. The van der Waals surface area contributed by atoms with Crippen LogP contribution in [-0.4, -0.2) is 40.6 Å². The minimum Gasteiger partial charge on any atom is -0.374 e. The van der Waals surface area contributed by atoms with Gasteiger partial charge in [0, 0.05) is 24.6 Å². The van der Waals surface area contributed by atoms with Gasteiger partial charge in [-0.3, -0.25) is 4.79 Å². The van der Waals surface area contributed by atoms with Crippen LogP contribution in [0.3, 0.4) is 0 Å². The third kappa shape index (κ3) is 2.92. The molecule has 1 spiro atoms. The molecule has 1 aromatic heterocycles. The van der Waals surface area contributed by atoms with Gasteiger partial charge in [-0.1, -0.05) is 12.2 Å². The molecule has 2 fully saturated rings. The molecule has 2 atom stereocenters. The number of carbonyl (C=O) groups excluding carboxylic acids is 1. The van der Waals surface area contributed by atoms with Crippen molar-refractivity contribution in [3.05, 3.63) is 28.5 Å². The molecular formula is C14H18N2O2S2. The molecule has 0 bridgehead atoms. The molecule has 4 nitrogen and oxygen atoms in total. The van der Waals surface area contributed by atoms with E-state index < -0.39 is 0 Å². The lowest BCUT2D eigenvalue weighted by atomic mass is 9.90. The second-order valence-corrected chi connectivity index (χ2v) is 6.92. The van der Waals surface area contributed by atoms with E-state index in [1.807, 2.05) is 11.8 Å².